The van der Waals surface area contributed by atoms with Crippen LogP contribution in [0.4, 0.5) is 5.69 Å². The number of carbonyl (C=O) groups excluding carboxylic acids is 2. The van der Waals surface area contributed by atoms with Crippen molar-refractivity contribution in [2.75, 3.05) is 24.5 Å². The van der Waals surface area contributed by atoms with Crippen LogP contribution in [0.25, 0.3) is 0 Å². The molecular formula is C31H39N3O5S. The molecule has 0 unspecified atom stereocenters. The van der Waals surface area contributed by atoms with Crippen molar-refractivity contribution >= 4 is 27.5 Å². The van der Waals surface area contributed by atoms with Crippen LogP contribution in [-0.2, 0) is 26.2 Å². The Kier molecular flexibility index (Phi) is 11.1. The second-order valence-electron chi connectivity index (χ2n) is 9.58. The first-order chi connectivity index (χ1) is 19.2. The predicted molar refractivity (Wildman–Crippen MR) is 158 cm³/mol. The number of unbranched alkanes of at least 4 members (excludes halogenated alkanes) is 1. The maximum atomic E-state index is 14.1. The van der Waals surface area contributed by atoms with Crippen LogP contribution in [0, 0.1) is 6.92 Å². The van der Waals surface area contributed by atoms with Gasteiger partial charge >= 0.3 is 0 Å². The van der Waals surface area contributed by atoms with Crippen LogP contribution in [0.1, 0.15) is 44.2 Å². The van der Waals surface area contributed by atoms with Gasteiger partial charge in [-0.15, -0.1) is 0 Å². The van der Waals surface area contributed by atoms with E-state index >= 15 is 0 Å². The molecule has 0 aliphatic heterocycles. The van der Waals surface area contributed by atoms with Crippen molar-refractivity contribution in [1.82, 2.24) is 10.2 Å². The number of methoxy groups -OCH3 is 1. The van der Waals surface area contributed by atoms with Gasteiger partial charge in [0.25, 0.3) is 10.0 Å². The van der Waals surface area contributed by atoms with Gasteiger partial charge in [0, 0.05) is 13.1 Å². The average Bonchev–Trinajstić information content (AvgIpc) is 2.96. The number of aryl methyl sites for hydroxylation is 1. The van der Waals surface area contributed by atoms with Crippen LogP contribution in [-0.4, -0.2) is 51.4 Å². The summed E-state index contributed by atoms with van der Waals surface area (Å²) in [6.07, 6.45) is 2.12. The number of hydrogen-bond donors (Lipinski definition) is 1. The molecule has 0 saturated carbocycles. The van der Waals surface area contributed by atoms with E-state index in [0.29, 0.717) is 18.7 Å². The second-order valence-corrected chi connectivity index (χ2v) is 11.4. The summed E-state index contributed by atoms with van der Waals surface area (Å²) >= 11 is 0. The van der Waals surface area contributed by atoms with Gasteiger partial charge in [0.15, 0.2) is 0 Å². The van der Waals surface area contributed by atoms with E-state index in [1.54, 1.807) is 42.5 Å². The zero-order chi connectivity index (χ0) is 29.1. The van der Waals surface area contributed by atoms with Gasteiger partial charge in [-0.05, 0) is 49.6 Å². The topological polar surface area (TPSA) is 96.0 Å². The summed E-state index contributed by atoms with van der Waals surface area (Å²) in [5.41, 5.74) is 2.11. The summed E-state index contributed by atoms with van der Waals surface area (Å²) in [5.74, 6) is -0.444. The average molecular weight is 566 g/mol. The van der Waals surface area contributed by atoms with Gasteiger partial charge in [-0.3, -0.25) is 13.9 Å². The van der Waals surface area contributed by atoms with Gasteiger partial charge in [0.1, 0.15) is 18.3 Å². The summed E-state index contributed by atoms with van der Waals surface area (Å²) < 4.78 is 34.4. The molecule has 0 radical (unpaired) electrons. The summed E-state index contributed by atoms with van der Waals surface area (Å²) in [5, 5.41) is 2.94. The van der Waals surface area contributed by atoms with E-state index in [9.17, 15) is 18.0 Å². The van der Waals surface area contributed by atoms with Gasteiger partial charge in [-0.25, -0.2) is 8.42 Å². The lowest BCUT2D eigenvalue weighted by atomic mass is 10.1. The first-order valence-corrected chi connectivity index (χ1v) is 15.0. The Bertz CT molecular complexity index is 1380. The second kappa shape index (κ2) is 14.5. The molecule has 8 nitrogen and oxygen atoms in total. The van der Waals surface area contributed by atoms with E-state index in [1.165, 1.54) is 24.1 Å². The fourth-order valence-corrected chi connectivity index (χ4v) is 5.95. The number of hydrogen-bond acceptors (Lipinski definition) is 5. The third-order valence-electron chi connectivity index (χ3n) is 6.61. The van der Waals surface area contributed by atoms with Gasteiger partial charge < -0.3 is 15.0 Å². The summed E-state index contributed by atoms with van der Waals surface area (Å²) in [6, 6.07) is 21.6. The SMILES string of the molecule is CCCCNC(=O)[C@@H](CC)N(Cc1cccc(C)c1)C(=O)CN(c1ccccc1OC)S(=O)(=O)c1ccccc1. The van der Waals surface area contributed by atoms with Crippen LogP contribution in [0.15, 0.2) is 83.8 Å². The molecule has 0 aliphatic carbocycles. The van der Waals surface area contributed by atoms with Crippen molar-refractivity contribution in [3.8, 4) is 5.75 Å². The molecule has 214 valence electrons. The predicted octanol–water partition coefficient (Wildman–Crippen LogP) is 4.92. The summed E-state index contributed by atoms with van der Waals surface area (Å²) in [6.45, 7) is 6.00. The number of ether oxygens (including phenoxy) is 1. The monoisotopic (exact) mass is 565 g/mol. The first-order valence-electron chi connectivity index (χ1n) is 13.6. The molecule has 0 saturated heterocycles. The Morgan fingerprint density at radius 1 is 0.950 bits per heavy atom. The lowest BCUT2D eigenvalue weighted by molar-refractivity contribution is -0.140. The highest BCUT2D eigenvalue weighted by molar-refractivity contribution is 7.92. The molecule has 0 heterocycles. The number of sulfonamides is 1. The number of amides is 2. The van der Waals surface area contributed by atoms with Crippen molar-refractivity contribution in [3.05, 3.63) is 90.0 Å². The molecule has 0 bridgehead atoms. The Labute approximate surface area is 238 Å². The van der Waals surface area contributed by atoms with E-state index in [2.05, 4.69) is 5.32 Å². The minimum atomic E-state index is -4.16. The molecule has 2 amide bonds. The Hall–Kier alpha value is -3.85. The van der Waals surface area contributed by atoms with Crippen LogP contribution >= 0.6 is 0 Å². The van der Waals surface area contributed by atoms with Gasteiger partial charge in [0.05, 0.1) is 17.7 Å². The van der Waals surface area contributed by atoms with Crippen molar-refractivity contribution in [1.29, 1.82) is 0 Å². The highest BCUT2D eigenvalue weighted by Crippen LogP contribution is 2.32. The highest BCUT2D eigenvalue weighted by Gasteiger charge is 2.34. The van der Waals surface area contributed by atoms with Crippen LogP contribution in [0.3, 0.4) is 0 Å². The minimum Gasteiger partial charge on any atom is -0.495 e. The van der Waals surface area contributed by atoms with E-state index in [1.807, 2.05) is 45.0 Å². The normalized spacial score (nSPS) is 11.9. The number of rotatable bonds is 14. The molecule has 9 heteroatoms. The zero-order valence-electron chi connectivity index (χ0n) is 23.7. The van der Waals surface area contributed by atoms with Crippen LogP contribution in [0.5, 0.6) is 5.75 Å². The van der Waals surface area contributed by atoms with Gasteiger partial charge in [0.2, 0.25) is 11.8 Å². The van der Waals surface area contributed by atoms with Crippen molar-refractivity contribution < 1.29 is 22.7 Å². The number of para-hydroxylation sites is 2. The minimum absolute atomic E-state index is 0.0447. The third kappa shape index (κ3) is 7.63. The van der Waals surface area contributed by atoms with Crippen LogP contribution in [0.2, 0.25) is 0 Å². The molecule has 3 aromatic rings. The van der Waals surface area contributed by atoms with Gasteiger partial charge in [-0.2, -0.15) is 0 Å². The van der Waals surface area contributed by atoms with E-state index < -0.39 is 28.5 Å². The standard InChI is InChI=1S/C31H39N3O5S/c1-5-7-20-32-31(36)27(6-2)33(22-25-15-13-14-24(3)21-25)30(35)23-34(28-18-11-12-19-29(28)39-4)40(37,38)26-16-9-8-10-17-26/h8-19,21,27H,5-7,20,22-23H2,1-4H3,(H,32,36)/t27-/m1/s1. The smallest absolute Gasteiger partial charge is 0.264 e. The molecule has 0 fully saturated rings. The Balaban J connectivity index is 2.06. The van der Waals surface area contributed by atoms with E-state index in [-0.39, 0.29) is 23.0 Å². The Morgan fingerprint density at radius 3 is 2.30 bits per heavy atom. The molecule has 3 rings (SSSR count). The molecule has 1 N–H and O–H groups in total. The largest absolute Gasteiger partial charge is 0.495 e. The lowest BCUT2D eigenvalue weighted by Crippen LogP contribution is -2.52. The fourth-order valence-electron chi connectivity index (χ4n) is 4.50. The molecule has 3 aromatic carbocycles. The lowest BCUT2D eigenvalue weighted by Gasteiger charge is -2.33. The molecular weight excluding hydrogens is 526 g/mol. The maximum absolute atomic E-state index is 14.1. The quantitative estimate of drug-likeness (QED) is 0.280. The molecule has 1 atom stereocenters. The van der Waals surface area contributed by atoms with E-state index in [0.717, 1.165) is 28.3 Å². The number of anilines is 1. The maximum Gasteiger partial charge on any atom is 0.264 e. The van der Waals surface area contributed by atoms with Gasteiger partial charge in [-0.1, -0.05) is 80.4 Å². The third-order valence-corrected chi connectivity index (χ3v) is 8.39. The number of nitrogens with zero attached hydrogens (tertiary/aromatic N) is 2. The molecule has 0 aromatic heterocycles. The first kappa shape index (κ1) is 30.7. The van der Waals surface area contributed by atoms with Crippen molar-refractivity contribution in [2.45, 2.75) is 57.5 Å². The van der Waals surface area contributed by atoms with Crippen LogP contribution < -0.4 is 14.4 Å². The Morgan fingerprint density at radius 2 is 1.65 bits per heavy atom. The number of benzene rings is 3. The molecule has 0 aliphatic rings. The molecule has 40 heavy (non-hydrogen) atoms. The van der Waals surface area contributed by atoms with Crippen molar-refractivity contribution in [3.63, 3.8) is 0 Å². The highest BCUT2D eigenvalue weighted by atomic mass is 32.2. The van der Waals surface area contributed by atoms with Crippen molar-refractivity contribution in [2.24, 2.45) is 0 Å². The fraction of sp³-hybridized carbons (Fsp3) is 0.355. The summed E-state index contributed by atoms with van der Waals surface area (Å²) in [4.78, 5) is 28.9. The van der Waals surface area contributed by atoms with E-state index in [4.69, 9.17) is 4.74 Å². The molecule has 0 spiro atoms. The zero-order valence-corrected chi connectivity index (χ0v) is 24.5. The number of nitrogens with one attached hydrogen (secondary N) is 1. The summed E-state index contributed by atoms with van der Waals surface area (Å²) in [7, 11) is -2.71. The number of carbonyl (C=O) groups is 2.